The molecule has 0 fully saturated rings. The maximum atomic E-state index is 11.9. The van der Waals surface area contributed by atoms with Crippen LogP contribution in [0.4, 0.5) is 18.9 Å². The molecule has 3 N–H and O–H groups in total. The van der Waals surface area contributed by atoms with E-state index in [2.05, 4.69) is 11.8 Å². The number of hydrogen-bond acceptors (Lipinski definition) is 3. The van der Waals surface area contributed by atoms with E-state index in [-0.39, 0.29) is 12.3 Å². The number of nitrogens with one attached hydrogen (secondary N) is 2. The fraction of sp³-hybridized carbons (Fsp3) is 0.333. The highest BCUT2D eigenvalue weighted by Gasteiger charge is 2.29. The lowest BCUT2D eigenvalue weighted by atomic mass is 10.2. The van der Waals surface area contributed by atoms with Gasteiger partial charge in [-0.15, -0.1) is 0 Å². The van der Waals surface area contributed by atoms with Crippen molar-refractivity contribution in [1.82, 2.24) is 4.72 Å². The van der Waals surface area contributed by atoms with E-state index in [9.17, 15) is 21.6 Å². The van der Waals surface area contributed by atoms with Crippen LogP contribution >= 0.6 is 0 Å². The lowest BCUT2D eigenvalue weighted by Gasteiger charge is -2.11. The quantitative estimate of drug-likeness (QED) is 0.714. The van der Waals surface area contributed by atoms with Crippen molar-refractivity contribution in [3.8, 4) is 11.8 Å². The van der Waals surface area contributed by atoms with Gasteiger partial charge < -0.3 is 5.11 Å². The molecule has 9 heteroatoms. The summed E-state index contributed by atoms with van der Waals surface area (Å²) in [4.78, 5) is 0. The molecule has 1 aromatic rings. The number of rotatable bonds is 5. The molecule has 5 nitrogen and oxygen atoms in total. The number of aliphatic hydroxyl groups is 1. The Balaban J connectivity index is 2.65. The predicted octanol–water partition coefficient (Wildman–Crippen LogP) is 1.23. The van der Waals surface area contributed by atoms with Crippen molar-refractivity contribution in [3.63, 3.8) is 0 Å². The Morgan fingerprint density at radius 3 is 2.33 bits per heavy atom. The first-order valence-electron chi connectivity index (χ1n) is 5.76. The lowest BCUT2D eigenvalue weighted by molar-refractivity contribution is -0.121. The molecule has 0 aliphatic carbocycles. The van der Waals surface area contributed by atoms with Gasteiger partial charge in [-0.2, -0.15) is 26.3 Å². The van der Waals surface area contributed by atoms with E-state index < -0.39 is 22.9 Å². The monoisotopic (exact) mass is 322 g/mol. The first-order chi connectivity index (χ1) is 9.72. The van der Waals surface area contributed by atoms with Gasteiger partial charge in [0, 0.05) is 17.7 Å². The molecule has 1 rings (SSSR count). The normalized spacial score (nSPS) is 11.6. The summed E-state index contributed by atoms with van der Waals surface area (Å²) in [6.07, 6.45) is -4.31. The van der Waals surface area contributed by atoms with Crippen LogP contribution in [-0.4, -0.2) is 32.9 Å². The zero-order valence-electron chi connectivity index (χ0n) is 10.7. The van der Waals surface area contributed by atoms with E-state index >= 15 is 0 Å². The van der Waals surface area contributed by atoms with Crippen LogP contribution in [0.2, 0.25) is 0 Å². The average Bonchev–Trinajstić information content (AvgIpc) is 2.38. The van der Waals surface area contributed by atoms with E-state index in [1.807, 2.05) is 4.72 Å². The number of hydrogen-bond donors (Lipinski definition) is 3. The van der Waals surface area contributed by atoms with Gasteiger partial charge in [0.05, 0.1) is 6.61 Å². The van der Waals surface area contributed by atoms with Crippen molar-refractivity contribution < 1.29 is 26.7 Å². The highest BCUT2D eigenvalue weighted by Crippen LogP contribution is 2.14. The Kier molecular flexibility index (Phi) is 6.02. The minimum atomic E-state index is -4.62. The number of alkyl halides is 3. The summed E-state index contributed by atoms with van der Waals surface area (Å²) in [7, 11) is -4.29. The third-order valence-corrected chi connectivity index (χ3v) is 3.10. The van der Waals surface area contributed by atoms with Crippen LogP contribution in [0.5, 0.6) is 0 Å². The first-order valence-corrected chi connectivity index (χ1v) is 7.24. The van der Waals surface area contributed by atoms with Gasteiger partial charge in [0.25, 0.3) is 10.2 Å². The molecule has 0 radical (unpaired) electrons. The third kappa shape index (κ3) is 7.55. The Morgan fingerprint density at radius 1 is 1.19 bits per heavy atom. The number of anilines is 1. The Bertz CT molecular complexity index is 616. The number of benzene rings is 1. The summed E-state index contributed by atoms with van der Waals surface area (Å²) < 4.78 is 61.9. The molecule has 0 amide bonds. The molecule has 0 unspecified atom stereocenters. The van der Waals surface area contributed by atoms with Gasteiger partial charge >= 0.3 is 6.18 Å². The van der Waals surface area contributed by atoms with E-state index in [4.69, 9.17) is 5.11 Å². The van der Waals surface area contributed by atoms with Crippen LogP contribution in [0.3, 0.4) is 0 Å². The van der Waals surface area contributed by atoms with Crippen LogP contribution in [-0.2, 0) is 10.2 Å². The summed E-state index contributed by atoms with van der Waals surface area (Å²) in [5, 5.41) is 8.56. The highest BCUT2D eigenvalue weighted by atomic mass is 32.2. The second kappa shape index (κ2) is 7.31. The average molecular weight is 322 g/mol. The fourth-order valence-electron chi connectivity index (χ4n) is 1.21. The molecular weight excluding hydrogens is 309 g/mol. The van der Waals surface area contributed by atoms with Gasteiger partial charge in [-0.1, -0.05) is 11.8 Å². The number of halogens is 3. The van der Waals surface area contributed by atoms with E-state index in [1.165, 1.54) is 29.0 Å². The van der Waals surface area contributed by atoms with Gasteiger partial charge in [-0.3, -0.25) is 4.72 Å². The molecule has 0 heterocycles. The Labute approximate surface area is 120 Å². The maximum Gasteiger partial charge on any atom is 0.402 e. The van der Waals surface area contributed by atoms with Gasteiger partial charge in [0.1, 0.15) is 6.54 Å². The van der Waals surface area contributed by atoms with E-state index in [1.54, 1.807) is 0 Å². The van der Waals surface area contributed by atoms with Crippen molar-refractivity contribution in [1.29, 1.82) is 0 Å². The van der Waals surface area contributed by atoms with Crippen LogP contribution in [0, 0.1) is 11.8 Å². The van der Waals surface area contributed by atoms with Gasteiger partial charge in [-0.25, -0.2) is 0 Å². The second-order valence-corrected chi connectivity index (χ2v) is 5.39. The van der Waals surface area contributed by atoms with Crippen molar-refractivity contribution >= 4 is 15.9 Å². The largest absolute Gasteiger partial charge is 0.402 e. The molecule has 21 heavy (non-hydrogen) atoms. The second-order valence-electron chi connectivity index (χ2n) is 3.89. The van der Waals surface area contributed by atoms with Gasteiger partial charge in [0.2, 0.25) is 0 Å². The summed E-state index contributed by atoms with van der Waals surface area (Å²) in [6, 6.07) is 5.75. The summed E-state index contributed by atoms with van der Waals surface area (Å²) in [5.74, 6) is 5.41. The fourth-order valence-corrected chi connectivity index (χ4v) is 2.08. The summed E-state index contributed by atoms with van der Waals surface area (Å²) in [6.45, 7) is -1.71. The molecule has 116 valence electrons. The molecular formula is C12H13F3N2O3S. The van der Waals surface area contributed by atoms with Crippen molar-refractivity contribution in [2.75, 3.05) is 17.9 Å². The zero-order chi connectivity index (χ0) is 15.9. The molecule has 1 aromatic carbocycles. The van der Waals surface area contributed by atoms with Gasteiger partial charge in [0.15, 0.2) is 0 Å². The van der Waals surface area contributed by atoms with Crippen LogP contribution in [0.25, 0.3) is 0 Å². The molecule has 0 saturated heterocycles. The molecule has 0 atom stereocenters. The molecule has 0 aliphatic rings. The van der Waals surface area contributed by atoms with Crippen molar-refractivity contribution in [3.05, 3.63) is 29.8 Å². The van der Waals surface area contributed by atoms with Crippen molar-refractivity contribution in [2.24, 2.45) is 0 Å². The maximum absolute atomic E-state index is 11.9. The minimum absolute atomic E-state index is 0.0598. The Morgan fingerprint density at radius 2 is 1.81 bits per heavy atom. The lowest BCUT2D eigenvalue weighted by Crippen LogP contribution is -2.37. The molecule has 0 bridgehead atoms. The molecule has 0 aromatic heterocycles. The van der Waals surface area contributed by atoms with Crippen molar-refractivity contribution in [2.45, 2.75) is 12.6 Å². The topological polar surface area (TPSA) is 78.4 Å². The zero-order valence-corrected chi connectivity index (χ0v) is 11.6. The van der Waals surface area contributed by atoms with Crippen LogP contribution < -0.4 is 9.44 Å². The minimum Gasteiger partial charge on any atom is -0.395 e. The van der Waals surface area contributed by atoms with Gasteiger partial charge in [-0.05, 0) is 24.3 Å². The van der Waals surface area contributed by atoms with E-state index in [0.29, 0.717) is 12.0 Å². The van der Waals surface area contributed by atoms with Crippen LogP contribution in [0.1, 0.15) is 12.0 Å². The summed E-state index contributed by atoms with van der Waals surface area (Å²) >= 11 is 0. The number of aliphatic hydroxyl groups excluding tert-OH is 1. The van der Waals surface area contributed by atoms with E-state index in [0.717, 1.165) is 0 Å². The summed E-state index contributed by atoms with van der Waals surface area (Å²) in [5.41, 5.74) is 0.701. The third-order valence-electron chi connectivity index (χ3n) is 2.07. The predicted molar refractivity (Wildman–Crippen MR) is 71.6 cm³/mol. The first kappa shape index (κ1) is 17.3. The highest BCUT2D eigenvalue weighted by molar-refractivity contribution is 7.90. The standard InChI is InChI=1S/C12H13F3N2O3S/c13-12(14,15)9-16-21(19,20)17-11-6-4-10(5-7-11)3-1-2-8-18/h4-7,16-18H,2,8-9H2. The SMILES string of the molecule is O=S(=O)(NCC(F)(F)F)Nc1ccc(C#CCCO)cc1. The molecule has 0 aliphatic heterocycles. The smallest absolute Gasteiger partial charge is 0.395 e. The Hall–Kier alpha value is -1.76. The van der Waals surface area contributed by atoms with Crippen LogP contribution in [0.15, 0.2) is 24.3 Å². The molecule has 0 saturated carbocycles. The molecule has 0 spiro atoms.